The molecular weight excluding hydrogens is 132 g/mol. The zero-order valence-corrected chi connectivity index (χ0v) is 5.62. The zero-order chi connectivity index (χ0) is 6.97. The Morgan fingerprint density at radius 2 is 2.50 bits per heavy atom. The molecule has 1 saturated heterocycles. The van der Waals surface area contributed by atoms with Crippen LogP contribution in [0.15, 0.2) is 5.16 Å². The van der Waals surface area contributed by atoms with Gasteiger partial charge in [-0.1, -0.05) is 5.16 Å². The van der Waals surface area contributed by atoms with Gasteiger partial charge >= 0.3 is 0 Å². The first kappa shape index (κ1) is 6.12. The number of hydrogen-bond acceptors (Lipinski definition) is 4. The molecule has 2 heterocycles. The van der Waals surface area contributed by atoms with E-state index in [1.165, 1.54) is 0 Å². The largest absolute Gasteiger partial charge is 0.389 e. The number of nitrogens with two attached hydrogens (primary N) is 1. The van der Waals surface area contributed by atoms with Crippen molar-refractivity contribution in [2.45, 2.75) is 6.10 Å². The average Bonchev–Trinajstić information content (AvgIpc) is 2.44. The fraction of sp³-hybridized carbons (Fsp3) is 0.833. The van der Waals surface area contributed by atoms with Crippen LogP contribution in [0.4, 0.5) is 0 Å². The van der Waals surface area contributed by atoms with Gasteiger partial charge < -0.3 is 15.3 Å². The minimum Gasteiger partial charge on any atom is -0.389 e. The van der Waals surface area contributed by atoms with Crippen molar-refractivity contribution in [1.82, 2.24) is 0 Å². The smallest absolute Gasteiger partial charge is 0.161 e. The topological polar surface area (TPSA) is 56.8 Å². The van der Waals surface area contributed by atoms with E-state index in [0.29, 0.717) is 19.1 Å². The minimum absolute atomic E-state index is 0.151. The van der Waals surface area contributed by atoms with Crippen LogP contribution < -0.4 is 5.73 Å². The summed E-state index contributed by atoms with van der Waals surface area (Å²) in [5.74, 6) is 0.338. The predicted molar refractivity (Wildman–Crippen MR) is 35.7 cm³/mol. The molecule has 0 unspecified atom stereocenters. The van der Waals surface area contributed by atoms with Crippen LogP contribution in [0.5, 0.6) is 0 Å². The molecule has 0 bridgehead atoms. The molecule has 4 nitrogen and oxygen atoms in total. The summed E-state index contributed by atoms with van der Waals surface area (Å²) in [6.07, 6.45) is 0.151. The second-order valence-electron chi connectivity index (χ2n) is 2.57. The first-order chi connectivity index (χ1) is 4.92. The summed E-state index contributed by atoms with van der Waals surface area (Å²) < 4.78 is 5.18. The number of fused-ring (bicyclic) bond motifs is 1. The molecule has 2 aliphatic rings. The van der Waals surface area contributed by atoms with Gasteiger partial charge in [0.2, 0.25) is 0 Å². The monoisotopic (exact) mass is 142 g/mol. The normalized spacial score (nSPS) is 37.1. The van der Waals surface area contributed by atoms with Crippen molar-refractivity contribution < 1.29 is 9.57 Å². The molecule has 4 heteroatoms. The van der Waals surface area contributed by atoms with E-state index >= 15 is 0 Å². The lowest BCUT2D eigenvalue weighted by atomic mass is 10.0. The number of hydrogen-bond donors (Lipinski definition) is 1. The van der Waals surface area contributed by atoms with E-state index in [1.807, 2.05) is 0 Å². The van der Waals surface area contributed by atoms with Crippen LogP contribution in [0.25, 0.3) is 0 Å². The summed E-state index contributed by atoms with van der Waals surface area (Å²) >= 11 is 0. The lowest BCUT2D eigenvalue weighted by Crippen LogP contribution is -2.26. The highest BCUT2D eigenvalue weighted by Gasteiger charge is 2.38. The van der Waals surface area contributed by atoms with E-state index in [-0.39, 0.29) is 6.10 Å². The first-order valence-corrected chi connectivity index (χ1v) is 3.42. The third-order valence-electron chi connectivity index (χ3n) is 1.97. The van der Waals surface area contributed by atoms with Crippen LogP contribution in [0.3, 0.4) is 0 Å². The third-order valence-corrected chi connectivity index (χ3v) is 1.97. The molecule has 0 radical (unpaired) electrons. The lowest BCUT2D eigenvalue weighted by Gasteiger charge is -2.03. The van der Waals surface area contributed by atoms with Crippen molar-refractivity contribution >= 4 is 5.71 Å². The van der Waals surface area contributed by atoms with Gasteiger partial charge in [0.15, 0.2) is 6.10 Å². The van der Waals surface area contributed by atoms with Gasteiger partial charge in [-0.25, -0.2) is 0 Å². The third kappa shape index (κ3) is 0.726. The second kappa shape index (κ2) is 2.21. The molecule has 1 fully saturated rings. The summed E-state index contributed by atoms with van der Waals surface area (Å²) in [6, 6.07) is 0. The van der Waals surface area contributed by atoms with E-state index in [2.05, 4.69) is 5.16 Å². The van der Waals surface area contributed by atoms with Crippen LogP contribution in [0.1, 0.15) is 0 Å². The van der Waals surface area contributed by atoms with Crippen molar-refractivity contribution in [3.63, 3.8) is 0 Å². The Kier molecular flexibility index (Phi) is 1.35. The van der Waals surface area contributed by atoms with E-state index < -0.39 is 0 Å². The lowest BCUT2D eigenvalue weighted by molar-refractivity contribution is 0.0558. The minimum atomic E-state index is 0.151. The first-order valence-electron chi connectivity index (χ1n) is 3.42. The van der Waals surface area contributed by atoms with Gasteiger partial charge in [-0.15, -0.1) is 0 Å². The van der Waals surface area contributed by atoms with Crippen LogP contribution in [-0.4, -0.2) is 31.6 Å². The highest BCUT2D eigenvalue weighted by Crippen LogP contribution is 2.23. The molecule has 2 atom stereocenters. The average molecular weight is 142 g/mol. The molecule has 0 aromatic rings. The van der Waals surface area contributed by atoms with Gasteiger partial charge in [0.05, 0.1) is 24.8 Å². The Labute approximate surface area is 59.0 Å². The fourth-order valence-electron chi connectivity index (χ4n) is 1.34. The van der Waals surface area contributed by atoms with Crippen LogP contribution in [-0.2, 0) is 9.57 Å². The molecule has 0 aliphatic carbocycles. The predicted octanol–water partition coefficient (Wildman–Crippen LogP) is -0.654. The molecule has 56 valence electrons. The van der Waals surface area contributed by atoms with E-state index in [4.69, 9.17) is 15.3 Å². The fourth-order valence-corrected chi connectivity index (χ4v) is 1.34. The van der Waals surface area contributed by atoms with Crippen molar-refractivity contribution in [3.05, 3.63) is 0 Å². The molecule has 2 N–H and O–H groups in total. The van der Waals surface area contributed by atoms with Gasteiger partial charge in [0.25, 0.3) is 0 Å². The summed E-state index contributed by atoms with van der Waals surface area (Å²) in [7, 11) is 0. The van der Waals surface area contributed by atoms with E-state index in [1.54, 1.807) is 0 Å². The van der Waals surface area contributed by atoms with Gasteiger partial charge in [-0.05, 0) is 0 Å². The molecule has 2 aliphatic heterocycles. The molecule has 2 rings (SSSR count). The van der Waals surface area contributed by atoms with Crippen molar-refractivity contribution in [3.8, 4) is 0 Å². The molecular formula is C6H10N2O2. The van der Waals surface area contributed by atoms with Crippen molar-refractivity contribution in [2.75, 3.05) is 19.8 Å². The highest BCUT2D eigenvalue weighted by atomic mass is 16.7. The SMILES string of the molecule is NCC1=NO[C@@H]2COC[C@H]12. The Balaban J connectivity index is 2.10. The Bertz CT molecular complexity index is 169. The summed E-state index contributed by atoms with van der Waals surface area (Å²) in [4.78, 5) is 5.06. The second-order valence-corrected chi connectivity index (χ2v) is 2.57. The molecule has 0 saturated carbocycles. The van der Waals surface area contributed by atoms with Crippen LogP contribution >= 0.6 is 0 Å². The maximum Gasteiger partial charge on any atom is 0.161 e. The molecule has 0 aromatic carbocycles. The van der Waals surface area contributed by atoms with Gasteiger partial charge in [-0.2, -0.15) is 0 Å². The Morgan fingerprint density at radius 3 is 3.30 bits per heavy atom. The highest BCUT2D eigenvalue weighted by molar-refractivity contribution is 5.89. The number of nitrogens with zero attached hydrogens (tertiary/aromatic N) is 1. The quantitative estimate of drug-likeness (QED) is 0.529. The van der Waals surface area contributed by atoms with Crippen molar-refractivity contribution in [1.29, 1.82) is 0 Å². The van der Waals surface area contributed by atoms with Gasteiger partial charge in [0.1, 0.15) is 0 Å². The maximum atomic E-state index is 5.42. The molecule has 0 amide bonds. The van der Waals surface area contributed by atoms with Gasteiger partial charge in [-0.3, -0.25) is 0 Å². The summed E-state index contributed by atoms with van der Waals surface area (Å²) in [6.45, 7) is 1.88. The van der Waals surface area contributed by atoms with Gasteiger partial charge in [0, 0.05) is 6.54 Å². The number of rotatable bonds is 1. The van der Waals surface area contributed by atoms with Crippen molar-refractivity contribution in [2.24, 2.45) is 16.8 Å². The Morgan fingerprint density at radius 1 is 1.60 bits per heavy atom. The zero-order valence-electron chi connectivity index (χ0n) is 5.62. The molecule has 0 spiro atoms. The molecule has 10 heavy (non-hydrogen) atoms. The standard InChI is InChI=1S/C6H10N2O2/c7-1-5-4-2-9-3-6(4)10-8-5/h4,6H,1-3,7H2/t4-,6-/m1/s1. The van der Waals surface area contributed by atoms with Crippen LogP contribution in [0, 0.1) is 5.92 Å². The molecule has 0 aromatic heterocycles. The Hall–Kier alpha value is -0.610. The summed E-state index contributed by atoms with van der Waals surface area (Å²) in [5, 5.41) is 3.85. The van der Waals surface area contributed by atoms with E-state index in [9.17, 15) is 0 Å². The van der Waals surface area contributed by atoms with E-state index in [0.717, 1.165) is 12.3 Å². The van der Waals surface area contributed by atoms with Crippen LogP contribution in [0.2, 0.25) is 0 Å². The summed E-state index contributed by atoms with van der Waals surface area (Å²) in [5.41, 5.74) is 6.37. The number of oxime groups is 1. The number of ether oxygens (including phenoxy) is 1. The maximum absolute atomic E-state index is 5.42.